The molecule has 0 aliphatic rings. The van der Waals surface area contributed by atoms with Gasteiger partial charge >= 0.3 is 11.9 Å². The van der Waals surface area contributed by atoms with Gasteiger partial charge in [0.1, 0.15) is 0 Å². The molecule has 0 aliphatic carbocycles. The van der Waals surface area contributed by atoms with E-state index in [2.05, 4.69) is 4.98 Å². The van der Waals surface area contributed by atoms with Crippen molar-refractivity contribution in [3.63, 3.8) is 0 Å². The molecule has 3 rings (SSSR count). The SMILES string of the molecule is Nc1cc(C(F)(F)F)c2c(c1)[nH]c(=O)n2-c1cccc(Cl)c1. The van der Waals surface area contributed by atoms with Crippen LogP contribution in [0.4, 0.5) is 18.9 Å². The summed E-state index contributed by atoms with van der Waals surface area (Å²) in [6.07, 6.45) is -4.65. The number of fused-ring (bicyclic) bond motifs is 1. The van der Waals surface area contributed by atoms with Crippen molar-refractivity contribution in [2.75, 3.05) is 5.73 Å². The highest BCUT2D eigenvalue weighted by Gasteiger charge is 2.35. The highest BCUT2D eigenvalue weighted by atomic mass is 35.5. The molecule has 0 amide bonds. The van der Waals surface area contributed by atoms with Crippen LogP contribution < -0.4 is 11.4 Å². The maximum Gasteiger partial charge on any atom is 0.418 e. The molecule has 1 heterocycles. The van der Waals surface area contributed by atoms with Gasteiger partial charge in [0.15, 0.2) is 0 Å². The van der Waals surface area contributed by atoms with Crippen molar-refractivity contribution in [3.8, 4) is 5.69 Å². The van der Waals surface area contributed by atoms with Crippen molar-refractivity contribution in [1.82, 2.24) is 9.55 Å². The Morgan fingerprint density at radius 1 is 1.18 bits per heavy atom. The molecule has 22 heavy (non-hydrogen) atoms. The van der Waals surface area contributed by atoms with Crippen LogP contribution in [0.2, 0.25) is 5.02 Å². The Hall–Kier alpha value is -2.41. The molecular weight excluding hydrogens is 319 g/mol. The molecule has 0 fully saturated rings. The number of nitrogen functional groups attached to an aromatic ring is 1. The molecule has 8 heteroatoms. The Balaban J connectivity index is 2.46. The number of alkyl halides is 3. The zero-order chi connectivity index (χ0) is 16.1. The average molecular weight is 328 g/mol. The summed E-state index contributed by atoms with van der Waals surface area (Å²) in [6, 6.07) is 8.11. The third-order valence-corrected chi connectivity index (χ3v) is 3.41. The number of anilines is 1. The minimum atomic E-state index is -4.65. The van der Waals surface area contributed by atoms with Crippen molar-refractivity contribution >= 4 is 28.3 Å². The number of nitrogens with one attached hydrogen (secondary N) is 1. The largest absolute Gasteiger partial charge is 0.418 e. The van der Waals surface area contributed by atoms with Gasteiger partial charge in [0.05, 0.1) is 22.3 Å². The molecule has 3 N–H and O–H groups in total. The van der Waals surface area contributed by atoms with Crippen LogP contribution in [0, 0.1) is 0 Å². The maximum absolute atomic E-state index is 13.3. The van der Waals surface area contributed by atoms with Gasteiger partial charge in [0.2, 0.25) is 0 Å². The summed E-state index contributed by atoms with van der Waals surface area (Å²) in [5.74, 6) is 0. The van der Waals surface area contributed by atoms with E-state index in [9.17, 15) is 18.0 Å². The van der Waals surface area contributed by atoms with Crippen LogP contribution in [0.3, 0.4) is 0 Å². The lowest BCUT2D eigenvalue weighted by Crippen LogP contribution is -2.16. The number of aromatic amines is 1. The fourth-order valence-electron chi connectivity index (χ4n) is 2.34. The zero-order valence-corrected chi connectivity index (χ0v) is 11.7. The monoisotopic (exact) mass is 327 g/mol. The standard InChI is InChI=1S/C14H9ClF3N3O/c15-7-2-1-3-9(4-7)21-12-10(14(16,17)18)5-8(19)6-11(12)20-13(21)22/h1-6H,19H2,(H,20,22). The second-order valence-electron chi connectivity index (χ2n) is 4.71. The van der Waals surface area contributed by atoms with E-state index in [1.54, 1.807) is 12.1 Å². The van der Waals surface area contributed by atoms with Crippen LogP contribution in [0.25, 0.3) is 16.7 Å². The van der Waals surface area contributed by atoms with Crippen molar-refractivity contribution in [3.05, 3.63) is 57.5 Å². The number of hydrogen-bond acceptors (Lipinski definition) is 2. The Kier molecular flexibility index (Phi) is 3.17. The number of imidazole rings is 1. The molecule has 0 radical (unpaired) electrons. The lowest BCUT2D eigenvalue weighted by atomic mass is 10.1. The lowest BCUT2D eigenvalue weighted by Gasteiger charge is -2.12. The number of halogens is 4. The third kappa shape index (κ3) is 2.33. The first-order valence-corrected chi connectivity index (χ1v) is 6.52. The van der Waals surface area contributed by atoms with Crippen molar-refractivity contribution in [2.24, 2.45) is 0 Å². The summed E-state index contributed by atoms with van der Waals surface area (Å²) in [6.45, 7) is 0. The summed E-state index contributed by atoms with van der Waals surface area (Å²) in [5, 5.41) is 0.308. The molecule has 1 aromatic heterocycles. The summed E-state index contributed by atoms with van der Waals surface area (Å²) in [5.41, 5.74) is 3.68. The summed E-state index contributed by atoms with van der Waals surface area (Å²) in [7, 11) is 0. The van der Waals surface area contributed by atoms with E-state index >= 15 is 0 Å². The molecule has 0 bridgehead atoms. The summed E-state index contributed by atoms with van der Waals surface area (Å²) >= 11 is 5.85. The van der Waals surface area contributed by atoms with Gasteiger partial charge < -0.3 is 10.7 Å². The van der Waals surface area contributed by atoms with E-state index in [1.165, 1.54) is 18.2 Å². The minimum absolute atomic E-state index is 0.0114. The highest BCUT2D eigenvalue weighted by molar-refractivity contribution is 6.30. The van der Waals surface area contributed by atoms with Gasteiger partial charge in [0, 0.05) is 10.7 Å². The van der Waals surface area contributed by atoms with E-state index < -0.39 is 17.4 Å². The highest BCUT2D eigenvalue weighted by Crippen LogP contribution is 2.36. The Morgan fingerprint density at radius 3 is 2.55 bits per heavy atom. The molecule has 0 spiro atoms. The van der Waals surface area contributed by atoms with E-state index in [0.29, 0.717) is 5.02 Å². The second kappa shape index (κ2) is 4.81. The first kappa shape index (κ1) is 14.5. The smallest absolute Gasteiger partial charge is 0.399 e. The molecular formula is C14H9ClF3N3O. The van der Waals surface area contributed by atoms with Crippen LogP contribution in [-0.2, 0) is 6.18 Å². The molecule has 0 saturated carbocycles. The van der Waals surface area contributed by atoms with Crippen LogP contribution in [0.15, 0.2) is 41.2 Å². The molecule has 2 aromatic carbocycles. The van der Waals surface area contributed by atoms with Gasteiger partial charge in [-0.1, -0.05) is 17.7 Å². The first-order valence-electron chi connectivity index (χ1n) is 6.15. The molecule has 0 atom stereocenters. The lowest BCUT2D eigenvalue weighted by molar-refractivity contribution is -0.136. The van der Waals surface area contributed by atoms with Gasteiger partial charge in [-0.15, -0.1) is 0 Å². The minimum Gasteiger partial charge on any atom is -0.399 e. The Bertz CT molecular complexity index is 927. The molecule has 0 unspecified atom stereocenters. The third-order valence-electron chi connectivity index (χ3n) is 3.17. The van der Waals surface area contributed by atoms with Crippen molar-refractivity contribution in [2.45, 2.75) is 6.18 Å². The molecule has 0 aliphatic heterocycles. The molecule has 114 valence electrons. The van der Waals surface area contributed by atoms with Gasteiger partial charge in [-0.25, -0.2) is 4.79 Å². The van der Waals surface area contributed by atoms with Gasteiger partial charge in [-0.05, 0) is 30.3 Å². The maximum atomic E-state index is 13.3. The normalized spacial score (nSPS) is 12.0. The van der Waals surface area contributed by atoms with Crippen LogP contribution in [0.5, 0.6) is 0 Å². The van der Waals surface area contributed by atoms with Gasteiger partial charge in [-0.3, -0.25) is 4.57 Å². The topological polar surface area (TPSA) is 63.8 Å². The number of nitrogens with two attached hydrogens (primary N) is 1. The second-order valence-corrected chi connectivity index (χ2v) is 5.14. The summed E-state index contributed by atoms with van der Waals surface area (Å²) in [4.78, 5) is 14.5. The molecule has 0 saturated heterocycles. The quantitative estimate of drug-likeness (QED) is 0.671. The first-order chi connectivity index (χ1) is 10.3. The fraction of sp³-hybridized carbons (Fsp3) is 0.0714. The molecule has 4 nitrogen and oxygen atoms in total. The number of H-pyrrole nitrogens is 1. The molecule has 3 aromatic rings. The van der Waals surface area contributed by atoms with Crippen LogP contribution in [-0.4, -0.2) is 9.55 Å². The van der Waals surface area contributed by atoms with Crippen molar-refractivity contribution < 1.29 is 13.2 Å². The average Bonchev–Trinajstić information content (AvgIpc) is 2.72. The predicted octanol–water partition coefficient (Wildman–Crippen LogP) is 3.57. The fourth-order valence-corrected chi connectivity index (χ4v) is 2.53. The van der Waals surface area contributed by atoms with E-state index in [0.717, 1.165) is 10.6 Å². The summed E-state index contributed by atoms with van der Waals surface area (Å²) < 4.78 is 40.7. The van der Waals surface area contributed by atoms with Crippen LogP contribution >= 0.6 is 11.6 Å². The predicted molar refractivity (Wildman–Crippen MR) is 78.3 cm³/mol. The number of aromatic nitrogens is 2. The van der Waals surface area contributed by atoms with Gasteiger partial charge in [0.25, 0.3) is 0 Å². The van der Waals surface area contributed by atoms with Crippen molar-refractivity contribution in [1.29, 1.82) is 0 Å². The Labute approximate surface area is 126 Å². The van der Waals surface area contributed by atoms with E-state index in [4.69, 9.17) is 17.3 Å². The number of hydrogen-bond donors (Lipinski definition) is 2. The number of benzene rings is 2. The van der Waals surface area contributed by atoms with E-state index in [1.807, 2.05) is 0 Å². The number of rotatable bonds is 1. The Morgan fingerprint density at radius 2 is 1.91 bits per heavy atom. The van der Waals surface area contributed by atoms with E-state index in [-0.39, 0.29) is 22.4 Å². The van der Waals surface area contributed by atoms with Crippen LogP contribution in [0.1, 0.15) is 5.56 Å². The zero-order valence-electron chi connectivity index (χ0n) is 10.9. The number of nitrogens with zero attached hydrogens (tertiary/aromatic N) is 1. The van der Waals surface area contributed by atoms with Gasteiger partial charge in [-0.2, -0.15) is 13.2 Å².